The summed E-state index contributed by atoms with van der Waals surface area (Å²) in [6, 6.07) is 1.08. The van der Waals surface area contributed by atoms with Crippen LogP contribution in [-0.4, -0.2) is 22.1 Å². The molecule has 1 saturated heterocycles. The maximum absolute atomic E-state index is 5.67. The lowest BCUT2D eigenvalue weighted by molar-refractivity contribution is 0.539. The monoisotopic (exact) mass is 291 g/mol. The normalized spacial score (nSPS) is 22.7. The van der Waals surface area contributed by atoms with Gasteiger partial charge in [-0.15, -0.1) is 0 Å². The van der Waals surface area contributed by atoms with E-state index in [1.54, 1.807) is 0 Å². The zero-order chi connectivity index (χ0) is 15.8. The third-order valence-corrected chi connectivity index (χ3v) is 4.43. The van der Waals surface area contributed by atoms with E-state index in [0.717, 1.165) is 29.4 Å². The SMILES string of the molecule is CCC1CCC(C)N1c1nc(C(C)(C)C)nc(NN)c1C. The van der Waals surface area contributed by atoms with Gasteiger partial charge in [0.05, 0.1) is 0 Å². The van der Waals surface area contributed by atoms with E-state index < -0.39 is 0 Å². The van der Waals surface area contributed by atoms with Gasteiger partial charge in [-0.2, -0.15) is 0 Å². The first kappa shape index (κ1) is 16.0. The van der Waals surface area contributed by atoms with Gasteiger partial charge in [0.15, 0.2) is 0 Å². The Morgan fingerprint density at radius 2 is 1.95 bits per heavy atom. The van der Waals surface area contributed by atoms with Gasteiger partial charge in [-0.1, -0.05) is 27.7 Å². The van der Waals surface area contributed by atoms with Crippen LogP contribution < -0.4 is 16.2 Å². The zero-order valence-corrected chi connectivity index (χ0v) is 14.2. The van der Waals surface area contributed by atoms with Gasteiger partial charge < -0.3 is 10.3 Å². The molecule has 5 nitrogen and oxygen atoms in total. The average molecular weight is 291 g/mol. The van der Waals surface area contributed by atoms with Gasteiger partial charge in [-0.05, 0) is 33.1 Å². The highest BCUT2D eigenvalue weighted by atomic mass is 15.3. The molecule has 0 amide bonds. The standard InChI is InChI=1S/C16H29N5/c1-7-12-9-8-10(2)21(12)14-11(3)13(20-17)18-15(19-14)16(4,5)6/h10,12H,7-9,17H2,1-6H3,(H,18,19,20). The quantitative estimate of drug-likeness (QED) is 0.661. The third-order valence-electron chi connectivity index (χ3n) is 4.43. The molecule has 3 N–H and O–H groups in total. The molecule has 1 aliphatic rings. The molecule has 0 bridgehead atoms. The summed E-state index contributed by atoms with van der Waals surface area (Å²) in [7, 11) is 0. The summed E-state index contributed by atoms with van der Waals surface area (Å²) in [4.78, 5) is 12.0. The highest BCUT2D eigenvalue weighted by Gasteiger charge is 2.33. The van der Waals surface area contributed by atoms with Gasteiger partial charge >= 0.3 is 0 Å². The molecule has 0 aromatic carbocycles. The lowest BCUT2D eigenvalue weighted by Gasteiger charge is -2.32. The second-order valence-electron chi connectivity index (χ2n) is 7.13. The average Bonchev–Trinajstić information content (AvgIpc) is 2.79. The van der Waals surface area contributed by atoms with Crippen molar-refractivity contribution in [2.75, 3.05) is 10.3 Å². The molecule has 1 fully saturated rings. The van der Waals surface area contributed by atoms with Crippen molar-refractivity contribution in [3.05, 3.63) is 11.4 Å². The van der Waals surface area contributed by atoms with Crippen molar-refractivity contribution in [1.29, 1.82) is 0 Å². The Kier molecular flexibility index (Phi) is 4.42. The molecule has 1 aliphatic heterocycles. The molecule has 118 valence electrons. The van der Waals surface area contributed by atoms with Crippen molar-refractivity contribution in [3.63, 3.8) is 0 Å². The molecular weight excluding hydrogens is 262 g/mol. The van der Waals surface area contributed by atoms with E-state index in [2.05, 4.69) is 56.9 Å². The number of hydrazine groups is 1. The van der Waals surface area contributed by atoms with E-state index >= 15 is 0 Å². The molecule has 1 aromatic heterocycles. The van der Waals surface area contributed by atoms with Gasteiger partial charge in [0.2, 0.25) is 0 Å². The third kappa shape index (κ3) is 2.98. The maximum Gasteiger partial charge on any atom is 0.148 e. The van der Waals surface area contributed by atoms with Crippen molar-refractivity contribution < 1.29 is 0 Å². The minimum atomic E-state index is -0.0985. The van der Waals surface area contributed by atoms with Crippen molar-refractivity contribution >= 4 is 11.6 Å². The van der Waals surface area contributed by atoms with Gasteiger partial charge in [0.1, 0.15) is 17.5 Å². The Hall–Kier alpha value is -1.36. The molecule has 2 atom stereocenters. The minimum Gasteiger partial charge on any atom is -0.351 e. The Morgan fingerprint density at radius 3 is 2.48 bits per heavy atom. The second kappa shape index (κ2) is 5.79. The van der Waals surface area contributed by atoms with E-state index in [1.807, 2.05) is 0 Å². The van der Waals surface area contributed by atoms with Crippen molar-refractivity contribution in [1.82, 2.24) is 9.97 Å². The largest absolute Gasteiger partial charge is 0.351 e. The fourth-order valence-electron chi connectivity index (χ4n) is 3.09. The predicted molar refractivity (Wildman–Crippen MR) is 88.5 cm³/mol. The molecule has 1 aromatic rings. The van der Waals surface area contributed by atoms with Crippen LogP contribution in [0.15, 0.2) is 0 Å². The number of aromatic nitrogens is 2. The molecule has 0 radical (unpaired) electrons. The number of nitrogen functional groups attached to an aromatic ring is 1. The number of nitrogens with zero attached hydrogens (tertiary/aromatic N) is 3. The van der Waals surface area contributed by atoms with Gasteiger partial charge in [-0.25, -0.2) is 15.8 Å². The van der Waals surface area contributed by atoms with Crippen LogP contribution >= 0.6 is 0 Å². The van der Waals surface area contributed by atoms with Gasteiger partial charge in [0.25, 0.3) is 0 Å². The summed E-state index contributed by atoms with van der Waals surface area (Å²) >= 11 is 0. The number of nitrogens with one attached hydrogen (secondary N) is 1. The van der Waals surface area contributed by atoms with Crippen LogP contribution in [0.1, 0.15) is 65.3 Å². The highest BCUT2D eigenvalue weighted by Crippen LogP contribution is 2.35. The van der Waals surface area contributed by atoms with Crippen LogP contribution in [0, 0.1) is 6.92 Å². The second-order valence-corrected chi connectivity index (χ2v) is 7.13. The first-order valence-corrected chi connectivity index (χ1v) is 7.93. The lowest BCUT2D eigenvalue weighted by atomic mass is 9.95. The molecule has 21 heavy (non-hydrogen) atoms. The van der Waals surface area contributed by atoms with Crippen LogP contribution in [0.25, 0.3) is 0 Å². The fourth-order valence-corrected chi connectivity index (χ4v) is 3.09. The van der Waals surface area contributed by atoms with E-state index in [-0.39, 0.29) is 5.41 Å². The molecule has 2 unspecified atom stereocenters. The number of rotatable bonds is 3. The van der Waals surface area contributed by atoms with Crippen LogP contribution in [0.4, 0.5) is 11.6 Å². The molecule has 0 saturated carbocycles. The summed E-state index contributed by atoms with van der Waals surface area (Å²) in [5, 5.41) is 0. The highest BCUT2D eigenvalue weighted by molar-refractivity contribution is 5.60. The number of anilines is 2. The van der Waals surface area contributed by atoms with Crippen LogP contribution in [0.3, 0.4) is 0 Å². The van der Waals surface area contributed by atoms with Crippen LogP contribution in [0.2, 0.25) is 0 Å². The van der Waals surface area contributed by atoms with Crippen molar-refractivity contribution in [3.8, 4) is 0 Å². The van der Waals surface area contributed by atoms with Crippen molar-refractivity contribution in [2.45, 2.75) is 78.3 Å². The Bertz CT molecular complexity index is 506. The smallest absolute Gasteiger partial charge is 0.148 e. The molecule has 2 rings (SSSR count). The van der Waals surface area contributed by atoms with Gasteiger partial charge in [0, 0.05) is 23.1 Å². The number of nitrogens with two attached hydrogens (primary N) is 1. The lowest BCUT2D eigenvalue weighted by Crippen LogP contribution is -2.36. The summed E-state index contributed by atoms with van der Waals surface area (Å²) < 4.78 is 0. The van der Waals surface area contributed by atoms with Crippen molar-refractivity contribution in [2.24, 2.45) is 5.84 Å². The zero-order valence-electron chi connectivity index (χ0n) is 14.2. The summed E-state index contributed by atoms with van der Waals surface area (Å²) in [5.74, 6) is 8.29. The summed E-state index contributed by atoms with van der Waals surface area (Å²) in [6.45, 7) is 13.0. The molecular formula is C16H29N5. The summed E-state index contributed by atoms with van der Waals surface area (Å²) in [5.41, 5.74) is 3.68. The van der Waals surface area contributed by atoms with E-state index in [9.17, 15) is 0 Å². The van der Waals surface area contributed by atoms with E-state index in [4.69, 9.17) is 10.8 Å². The Balaban J connectivity index is 2.56. The summed E-state index contributed by atoms with van der Waals surface area (Å²) in [6.07, 6.45) is 3.60. The van der Waals surface area contributed by atoms with E-state index in [0.29, 0.717) is 12.1 Å². The Labute approximate surface area is 128 Å². The van der Waals surface area contributed by atoms with Crippen LogP contribution in [-0.2, 0) is 5.41 Å². The molecule has 0 spiro atoms. The predicted octanol–water partition coefficient (Wildman–Crippen LogP) is 3.14. The first-order chi connectivity index (χ1) is 9.79. The molecule has 0 aliphatic carbocycles. The number of hydrogen-bond acceptors (Lipinski definition) is 5. The topological polar surface area (TPSA) is 67.1 Å². The minimum absolute atomic E-state index is 0.0985. The molecule has 2 heterocycles. The number of hydrogen-bond donors (Lipinski definition) is 2. The van der Waals surface area contributed by atoms with Crippen LogP contribution in [0.5, 0.6) is 0 Å². The molecule has 5 heteroatoms. The Morgan fingerprint density at radius 1 is 1.29 bits per heavy atom. The first-order valence-electron chi connectivity index (χ1n) is 7.93. The van der Waals surface area contributed by atoms with Gasteiger partial charge in [-0.3, -0.25) is 0 Å². The fraction of sp³-hybridized carbons (Fsp3) is 0.750. The maximum atomic E-state index is 5.67. The van der Waals surface area contributed by atoms with E-state index in [1.165, 1.54) is 12.8 Å².